The molecule has 2 unspecified atom stereocenters. The van der Waals surface area contributed by atoms with E-state index in [0.717, 1.165) is 32.4 Å². The van der Waals surface area contributed by atoms with Crippen molar-refractivity contribution in [1.82, 2.24) is 10.2 Å². The first-order valence-corrected chi connectivity index (χ1v) is 9.88. The van der Waals surface area contributed by atoms with Gasteiger partial charge >= 0.3 is 0 Å². The minimum atomic E-state index is -2.86. The van der Waals surface area contributed by atoms with Crippen LogP contribution in [0.25, 0.3) is 0 Å². The molecule has 2 atom stereocenters. The Morgan fingerprint density at radius 1 is 1.30 bits per heavy atom. The minimum Gasteiger partial charge on any atom is -0.311 e. The van der Waals surface area contributed by atoms with Gasteiger partial charge < -0.3 is 5.32 Å². The maximum absolute atomic E-state index is 11.7. The smallest absolute Gasteiger partial charge is 0.151 e. The summed E-state index contributed by atoms with van der Waals surface area (Å²) >= 11 is 0. The lowest BCUT2D eigenvalue weighted by molar-refractivity contribution is 0.122. The van der Waals surface area contributed by atoms with Gasteiger partial charge in [-0.05, 0) is 18.8 Å². The van der Waals surface area contributed by atoms with Crippen LogP contribution in [0.2, 0.25) is 0 Å². The second-order valence-electron chi connectivity index (χ2n) is 6.41. The molecule has 0 aromatic heterocycles. The van der Waals surface area contributed by atoms with Gasteiger partial charge in [-0.3, -0.25) is 4.90 Å². The molecule has 1 rings (SSSR count). The molecule has 1 fully saturated rings. The van der Waals surface area contributed by atoms with Crippen LogP contribution >= 0.6 is 0 Å². The molecule has 4 nitrogen and oxygen atoms in total. The SMILES string of the molecule is CCCC1CNC(CC(C)C)CN1CCS(=O)(=O)CC. The van der Waals surface area contributed by atoms with Crippen molar-refractivity contribution in [3.05, 3.63) is 0 Å². The van der Waals surface area contributed by atoms with Crippen molar-refractivity contribution >= 4 is 9.84 Å². The van der Waals surface area contributed by atoms with Crippen LogP contribution in [-0.4, -0.2) is 56.5 Å². The quantitative estimate of drug-likeness (QED) is 0.744. The van der Waals surface area contributed by atoms with Crippen molar-refractivity contribution in [3.8, 4) is 0 Å². The summed E-state index contributed by atoms with van der Waals surface area (Å²) < 4.78 is 23.4. The fourth-order valence-electron chi connectivity index (χ4n) is 2.95. The molecule has 20 heavy (non-hydrogen) atoms. The number of hydrogen-bond acceptors (Lipinski definition) is 4. The fourth-order valence-corrected chi connectivity index (χ4v) is 3.75. The predicted octanol–water partition coefficient (Wildman–Crippen LogP) is 1.91. The van der Waals surface area contributed by atoms with Gasteiger partial charge in [-0.2, -0.15) is 0 Å². The van der Waals surface area contributed by atoms with Crippen LogP contribution in [0.1, 0.15) is 47.0 Å². The lowest BCUT2D eigenvalue weighted by atomic mass is 9.98. The minimum absolute atomic E-state index is 0.257. The zero-order valence-electron chi connectivity index (χ0n) is 13.6. The van der Waals surface area contributed by atoms with E-state index in [0.29, 0.717) is 30.3 Å². The first kappa shape index (κ1) is 17.9. The maximum Gasteiger partial charge on any atom is 0.151 e. The van der Waals surface area contributed by atoms with Crippen molar-refractivity contribution in [2.75, 3.05) is 31.1 Å². The summed E-state index contributed by atoms with van der Waals surface area (Å²) in [6, 6.07) is 1.00. The highest BCUT2D eigenvalue weighted by atomic mass is 32.2. The van der Waals surface area contributed by atoms with Crippen LogP contribution in [0.15, 0.2) is 0 Å². The van der Waals surface area contributed by atoms with E-state index < -0.39 is 9.84 Å². The summed E-state index contributed by atoms with van der Waals surface area (Å²) in [5.41, 5.74) is 0. The average Bonchev–Trinajstić information content (AvgIpc) is 2.38. The molecule has 1 N–H and O–H groups in total. The number of rotatable bonds is 8. The molecular formula is C15H32N2O2S. The average molecular weight is 305 g/mol. The van der Waals surface area contributed by atoms with E-state index in [1.807, 2.05) is 0 Å². The van der Waals surface area contributed by atoms with Crippen molar-refractivity contribution in [2.24, 2.45) is 5.92 Å². The number of nitrogens with one attached hydrogen (secondary N) is 1. The molecule has 1 aliphatic rings. The lowest BCUT2D eigenvalue weighted by Gasteiger charge is -2.41. The molecule has 0 radical (unpaired) electrons. The van der Waals surface area contributed by atoms with Gasteiger partial charge in [0.25, 0.3) is 0 Å². The molecule has 0 aromatic carbocycles. The third-order valence-electron chi connectivity index (χ3n) is 4.12. The molecule has 1 saturated heterocycles. The molecule has 0 saturated carbocycles. The standard InChI is InChI=1S/C15H32N2O2S/c1-5-7-15-11-16-14(10-13(3)4)12-17(15)8-9-20(18,19)6-2/h13-16H,5-12H2,1-4H3. The molecular weight excluding hydrogens is 272 g/mol. The summed E-state index contributed by atoms with van der Waals surface area (Å²) in [4.78, 5) is 2.40. The van der Waals surface area contributed by atoms with Crippen molar-refractivity contribution in [3.63, 3.8) is 0 Å². The van der Waals surface area contributed by atoms with Crippen LogP contribution in [0, 0.1) is 5.92 Å². The molecule has 0 spiro atoms. The molecule has 5 heteroatoms. The van der Waals surface area contributed by atoms with Gasteiger partial charge in [0.15, 0.2) is 9.84 Å². The van der Waals surface area contributed by atoms with E-state index in [4.69, 9.17) is 0 Å². The number of sulfone groups is 1. The zero-order chi connectivity index (χ0) is 15.2. The molecule has 0 bridgehead atoms. The third kappa shape index (κ3) is 6.10. The maximum atomic E-state index is 11.7. The number of hydrogen-bond donors (Lipinski definition) is 1. The van der Waals surface area contributed by atoms with Crippen LogP contribution < -0.4 is 5.32 Å². The van der Waals surface area contributed by atoms with Gasteiger partial charge in [0.1, 0.15) is 0 Å². The van der Waals surface area contributed by atoms with E-state index in [1.165, 1.54) is 0 Å². The lowest BCUT2D eigenvalue weighted by Crippen LogP contribution is -2.57. The predicted molar refractivity (Wildman–Crippen MR) is 85.8 cm³/mol. The first-order chi connectivity index (χ1) is 9.38. The Kier molecular flexibility index (Phi) is 7.48. The van der Waals surface area contributed by atoms with E-state index in [9.17, 15) is 8.42 Å². The Balaban J connectivity index is 2.58. The van der Waals surface area contributed by atoms with Gasteiger partial charge in [0.05, 0.1) is 5.75 Å². The normalized spacial score (nSPS) is 25.2. The highest BCUT2D eigenvalue weighted by Crippen LogP contribution is 2.16. The van der Waals surface area contributed by atoms with Crippen molar-refractivity contribution < 1.29 is 8.42 Å². The Labute approximate surface area is 125 Å². The Bertz CT molecular complexity index is 368. The molecule has 0 aromatic rings. The number of piperazine rings is 1. The second kappa shape index (κ2) is 8.35. The Morgan fingerprint density at radius 3 is 2.55 bits per heavy atom. The summed E-state index contributed by atoms with van der Waals surface area (Å²) in [5, 5.41) is 3.64. The van der Waals surface area contributed by atoms with Crippen LogP contribution in [-0.2, 0) is 9.84 Å². The van der Waals surface area contributed by atoms with Gasteiger partial charge in [0, 0.05) is 37.5 Å². The molecule has 1 heterocycles. The monoisotopic (exact) mass is 304 g/mol. The van der Waals surface area contributed by atoms with Crippen LogP contribution in [0.3, 0.4) is 0 Å². The molecule has 0 amide bonds. The molecule has 120 valence electrons. The topological polar surface area (TPSA) is 49.4 Å². The highest BCUT2D eigenvalue weighted by Gasteiger charge is 2.28. The van der Waals surface area contributed by atoms with E-state index in [2.05, 4.69) is 31.0 Å². The van der Waals surface area contributed by atoms with E-state index >= 15 is 0 Å². The fraction of sp³-hybridized carbons (Fsp3) is 1.00. The largest absolute Gasteiger partial charge is 0.311 e. The third-order valence-corrected chi connectivity index (χ3v) is 5.80. The van der Waals surface area contributed by atoms with Crippen LogP contribution in [0.4, 0.5) is 0 Å². The van der Waals surface area contributed by atoms with E-state index in [1.54, 1.807) is 6.92 Å². The molecule has 0 aliphatic carbocycles. The number of nitrogens with zero attached hydrogens (tertiary/aromatic N) is 1. The van der Waals surface area contributed by atoms with E-state index in [-0.39, 0.29) is 5.75 Å². The van der Waals surface area contributed by atoms with Gasteiger partial charge in [0.2, 0.25) is 0 Å². The molecule has 1 aliphatic heterocycles. The zero-order valence-corrected chi connectivity index (χ0v) is 14.4. The van der Waals surface area contributed by atoms with Gasteiger partial charge in [-0.1, -0.05) is 34.1 Å². The Morgan fingerprint density at radius 2 is 2.00 bits per heavy atom. The van der Waals surface area contributed by atoms with Gasteiger partial charge in [-0.25, -0.2) is 8.42 Å². The Hall–Kier alpha value is -0.130. The summed E-state index contributed by atoms with van der Waals surface area (Å²) in [6.07, 6.45) is 3.46. The summed E-state index contributed by atoms with van der Waals surface area (Å²) in [6.45, 7) is 11.1. The summed E-state index contributed by atoms with van der Waals surface area (Å²) in [5.74, 6) is 1.24. The first-order valence-electron chi connectivity index (χ1n) is 8.05. The summed E-state index contributed by atoms with van der Waals surface area (Å²) in [7, 11) is -2.86. The second-order valence-corrected chi connectivity index (χ2v) is 8.88. The van der Waals surface area contributed by atoms with Crippen molar-refractivity contribution in [2.45, 2.75) is 59.0 Å². The highest BCUT2D eigenvalue weighted by molar-refractivity contribution is 7.91. The van der Waals surface area contributed by atoms with Gasteiger partial charge in [-0.15, -0.1) is 0 Å². The van der Waals surface area contributed by atoms with Crippen LogP contribution in [0.5, 0.6) is 0 Å². The van der Waals surface area contributed by atoms with Crippen molar-refractivity contribution in [1.29, 1.82) is 0 Å².